The maximum atomic E-state index is 10.3. The Bertz CT molecular complexity index is 129. The van der Waals surface area contributed by atoms with Gasteiger partial charge in [-0.1, -0.05) is 20.3 Å². The number of nitrogens with two attached hydrogens (primary N) is 1. The summed E-state index contributed by atoms with van der Waals surface area (Å²) in [5, 5.41) is 0. The molecular weight excluding hydrogens is 158 g/mol. The summed E-state index contributed by atoms with van der Waals surface area (Å²) >= 11 is 4.36. The lowest BCUT2D eigenvalue weighted by atomic mass is 10.0. The van der Waals surface area contributed by atoms with Crippen molar-refractivity contribution in [2.45, 2.75) is 44.3 Å². The van der Waals surface area contributed by atoms with Crippen molar-refractivity contribution in [3.63, 3.8) is 0 Å². The minimum atomic E-state index is -0.207. The van der Waals surface area contributed by atoms with Crippen LogP contribution in [0.1, 0.15) is 39.5 Å². The van der Waals surface area contributed by atoms with E-state index < -0.39 is 0 Å². The largest absolute Gasteiger partial charge is 0.370 e. The van der Waals surface area contributed by atoms with E-state index in [2.05, 4.69) is 26.5 Å². The number of carbonyl (C=O) groups excluding carboxylic acids is 1. The summed E-state index contributed by atoms with van der Waals surface area (Å²) in [6.07, 6.45) is 3.45. The van der Waals surface area contributed by atoms with E-state index in [1.165, 1.54) is 0 Å². The SMILES string of the molecule is CC(C)(S)CCCCC(N)=O. The third-order valence-electron chi connectivity index (χ3n) is 1.46. The van der Waals surface area contributed by atoms with Gasteiger partial charge in [-0.05, 0) is 12.8 Å². The van der Waals surface area contributed by atoms with Crippen LogP contribution in [0.15, 0.2) is 0 Å². The van der Waals surface area contributed by atoms with Crippen LogP contribution in [0.25, 0.3) is 0 Å². The summed E-state index contributed by atoms with van der Waals surface area (Å²) in [7, 11) is 0. The van der Waals surface area contributed by atoms with Gasteiger partial charge in [0.25, 0.3) is 0 Å². The zero-order valence-corrected chi connectivity index (χ0v) is 8.16. The highest BCUT2D eigenvalue weighted by atomic mass is 32.1. The maximum Gasteiger partial charge on any atom is 0.217 e. The monoisotopic (exact) mass is 175 g/mol. The standard InChI is InChI=1S/C8H17NOS/c1-8(2,11)6-4-3-5-7(9)10/h11H,3-6H2,1-2H3,(H2,9,10). The highest BCUT2D eigenvalue weighted by molar-refractivity contribution is 7.81. The fourth-order valence-electron chi connectivity index (χ4n) is 0.857. The smallest absolute Gasteiger partial charge is 0.217 e. The van der Waals surface area contributed by atoms with Gasteiger partial charge >= 0.3 is 0 Å². The lowest BCUT2D eigenvalue weighted by molar-refractivity contribution is -0.118. The van der Waals surface area contributed by atoms with E-state index in [9.17, 15) is 4.79 Å². The van der Waals surface area contributed by atoms with Crippen molar-refractivity contribution in [3.05, 3.63) is 0 Å². The molecule has 66 valence electrons. The molecule has 0 heterocycles. The molecule has 0 aromatic heterocycles. The molecular formula is C8H17NOS. The van der Waals surface area contributed by atoms with E-state index in [1.807, 2.05) is 0 Å². The third kappa shape index (κ3) is 9.82. The van der Waals surface area contributed by atoms with Crippen LogP contribution < -0.4 is 5.73 Å². The fourth-order valence-corrected chi connectivity index (χ4v) is 1.01. The summed E-state index contributed by atoms with van der Waals surface area (Å²) in [4.78, 5) is 10.3. The Morgan fingerprint density at radius 3 is 2.36 bits per heavy atom. The molecule has 1 amide bonds. The summed E-state index contributed by atoms with van der Waals surface area (Å²) in [5.41, 5.74) is 4.98. The molecule has 3 heteroatoms. The molecule has 0 saturated heterocycles. The van der Waals surface area contributed by atoms with E-state index in [-0.39, 0.29) is 10.7 Å². The van der Waals surface area contributed by atoms with Crippen molar-refractivity contribution < 1.29 is 4.79 Å². The first kappa shape index (κ1) is 10.8. The van der Waals surface area contributed by atoms with Gasteiger partial charge in [0, 0.05) is 11.2 Å². The quantitative estimate of drug-likeness (QED) is 0.485. The number of carbonyl (C=O) groups is 1. The van der Waals surface area contributed by atoms with Crippen LogP contribution in [-0.4, -0.2) is 10.7 Å². The lowest BCUT2D eigenvalue weighted by Gasteiger charge is -2.15. The molecule has 0 radical (unpaired) electrons. The van der Waals surface area contributed by atoms with E-state index in [4.69, 9.17) is 5.73 Å². The Kier molecular flexibility index (Phi) is 4.57. The second-order valence-corrected chi connectivity index (χ2v) is 4.70. The van der Waals surface area contributed by atoms with Gasteiger partial charge in [0.15, 0.2) is 0 Å². The topological polar surface area (TPSA) is 43.1 Å². The first-order valence-electron chi connectivity index (χ1n) is 3.92. The number of amides is 1. The number of hydrogen-bond acceptors (Lipinski definition) is 2. The predicted octanol–water partition coefficient (Wildman–Crippen LogP) is 1.74. The second-order valence-electron chi connectivity index (χ2n) is 3.49. The van der Waals surface area contributed by atoms with Gasteiger partial charge in [0.05, 0.1) is 0 Å². The first-order chi connectivity index (χ1) is 4.92. The van der Waals surface area contributed by atoms with Crippen molar-refractivity contribution in [3.8, 4) is 0 Å². The molecule has 0 aliphatic heterocycles. The average molecular weight is 175 g/mol. The molecule has 0 spiro atoms. The molecule has 0 aromatic carbocycles. The minimum absolute atomic E-state index is 0.0810. The Balaban J connectivity index is 3.22. The van der Waals surface area contributed by atoms with Gasteiger partial charge in [-0.15, -0.1) is 0 Å². The molecule has 0 aliphatic carbocycles. The Hall–Kier alpha value is -0.180. The normalized spacial score (nSPS) is 11.5. The Morgan fingerprint density at radius 2 is 2.00 bits per heavy atom. The van der Waals surface area contributed by atoms with Crippen LogP contribution in [0, 0.1) is 0 Å². The molecule has 0 aromatic rings. The van der Waals surface area contributed by atoms with Gasteiger partial charge in [0.1, 0.15) is 0 Å². The number of hydrogen-bond donors (Lipinski definition) is 2. The van der Waals surface area contributed by atoms with Crippen LogP contribution in [0.5, 0.6) is 0 Å². The van der Waals surface area contributed by atoms with Gasteiger partial charge in [-0.25, -0.2) is 0 Å². The molecule has 2 N–H and O–H groups in total. The van der Waals surface area contributed by atoms with Crippen molar-refractivity contribution in [2.24, 2.45) is 5.73 Å². The summed E-state index contributed by atoms with van der Waals surface area (Å²) in [6, 6.07) is 0. The molecule has 0 fully saturated rings. The lowest BCUT2D eigenvalue weighted by Crippen LogP contribution is -2.12. The van der Waals surface area contributed by atoms with Crippen molar-refractivity contribution >= 4 is 18.5 Å². The number of unbranched alkanes of at least 4 members (excludes halogenated alkanes) is 1. The van der Waals surface area contributed by atoms with E-state index in [0.29, 0.717) is 6.42 Å². The van der Waals surface area contributed by atoms with Crippen LogP contribution in [0.2, 0.25) is 0 Å². The molecule has 0 rings (SSSR count). The zero-order chi connectivity index (χ0) is 8.91. The van der Waals surface area contributed by atoms with Crippen LogP contribution in [0.3, 0.4) is 0 Å². The molecule has 0 aliphatic rings. The first-order valence-corrected chi connectivity index (χ1v) is 4.37. The fraction of sp³-hybridized carbons (Fsp3) is 0.875. The van der Waals surface area contributed by atoms with E-state index >= 15 is 0 Å². The zero-order valence-electron chi connectivity index (χ0n) is 7.26. The molecule has 0 atom stereocenters. The minimum Gasteiger partial charge on any atom is -0.370 e. The summed E-state index contributed by atoms with van der Waals surface area (Å²) < 4.78 is 0.0810. The van der Waals surface area contributed by atoms with Gasteiger partial charge < -0.3 is 5.73 Å². The highest BCUT2D eigenvalue weighted by Gasteiger charge is 2.10. The van der Waals surface area contributed by atoms with Crippen LogP contribution >= 0.6 is 12.6 Å². The highest BCUT2D eigenvalue weighted by Crippen LogP contribution is 2.20. The van der Waals surface area contributed by atoms with Gasteiger partial charge in [-0.2, -0.15) is 12.6 Å². The molecule has 0 saturated carbocycles. The van der Waals surface area contributed by atoms with E-state index in [1.54, 1.807) is 0 Å². The maximum absolute atomic E-state index is 10.3. The number of thiol groups is 1. The van der Waals surface area contributed by atoms with Crippen LogP contribution in [-0.2, 0) is 4.79 Å². The average Bonchev–Trinajstić information content (AvgIpc) is 1.78. The Labute approximate surface area is 74.0 Å². The predicted molar refractivity (Wildman–Crippen MR) is 50.7 cm³/mol. The van der Waals surface area contributed by atoms with Gasteiger partial charge in [-0.3, -0.25) is 4.79 Å². The Morgan fingerprint density at radius 1 is 1.45 bits per heavy atom. The van der Waals surface area contributed by atoms with E-state index in [0.717, 1.165) is 19.3 Å². The third-order valence-corrected chi connectivity index (χ3v) is 1.69. The second kappa shape index (κ2) is 4.65. The molecule has 2 nitrogen and oxygen atoms in total. The number of primary amides is 1. The molecule has 0 unspecified atom stereocenters. The van der Waals surface area contributed by atoms with Crippen LogP contribution in [0.4, 0.5) is 0 Å². The molecule has 11 heavy (non-hydrogen) atoms. The van der Waals surface area contributed by atoms with Crippen molar-refractivity contribution in [1.82, 2.24) is 0 Å². The van der Waals surface area contributed by atoms with Gasteiger partial charge in [0.2, 0.25) is 5.91 Å². The summed E-state index contributed by atoms with van der Waals surface area (Å²) in [5.74, 6) is -0.207. The number of rotatable bonds is 5. The molecule has 0 bridgehead atoms. The summed E-state index contributed by atoms with van der Waals surface area (Å²) in [6.45, 7) is 4.14. The van der Waals surface area contributed by atoms with Crippen molar-refractivity contribution in [1.29, 1.82) is 0 Å². The van der Waals surface area contributed by atoms with Crippen molar-refractivity contribution in [2.75, 3.05) is 0 Å².